The van der Waals surface area contributed by atoms with Gasteiger partial charge >= 0.3 is 0 Å². The highest BCUT2D eigenvalue weighted by Crippen LogP contribution is 2.18. The van der Waals surface area contributed by atoms with E-state index in [9.17, 15) is 14.7 Å². The molecule has 1 rings (SSSR count). The van der Waals surface area contributed by atoms with Crippen LogP contribution in [0.5, 0.6) is 5.88 Å². The van der Waals surface area contributed by atoms with Crippen LogP contribution in [0.2, 0.25) is 0 Å². The van der Waals surface area contributed by atoms with E-state index in [4.69, 9.17) is 5.73 Å². The molecule has 0 aliphatic heterocycles. The molecule has 0 atom stereocenters. The number of aromatic hydroxyl groups is 1. The SMILES string of the molecule is Cc1cc(=O)n(CCCC(C)C)c(O)c1C(N)=O. The summed E-state index contributed by atoms with van der Waals surface area (Å²) in [5.41, 5.74) is 5.32. The van der Waals surface area contributed by atoms with Gasteiger partial charge in [0.05, 0.1) is 0 Å². The van der Waals surface area contributed by atoms with Gasteiger partial charge in [0.15, 0.2) is 0 Å². The second kappa shape index (κ2) is 5.71. The predicted octanol–water partition coefficient (Wildman–Crippen LogP) is 1.40. The van der Waals surface area contributed by atoms with Crippen molar-refractivity contribution in [1.82, 2.24) is 4.57 Å². The number of nitrogens with two attached hydrogens (primary N) is 1. The highest BCUT2D eigenvalue weighted by atomic mass is 16.3. The van der Waals surface area contributed by atoms with Crippen molar-refractivity contribution in [2.24, 2.45) is 11.7 Å². The number of aryl methyl sites for hydroxylation is 1. The van der Waals surface area contributed by atoms with Gasteiger partial charge in [0.2, 0.25) is 5.88 Å². The van der Waals surface area contributed by atoms with Crippen molar-refractivity contribution >= 4 is 5.91 Å². The van der Waals surface area contributed by atoms with Crippen LogP contribution in [0.25, 0.3) is 0 Å². The lowest BCUT2D eigenvalue weighted by Gasteiger charge is -2.13. The van der Waals surface area contributed by atoms with E-state index in [1.165, 1.54) is 10.6 Å². The van der Waals surface area contributed by atoms with Crippen LogP contribution < -0.4 is 11.3 Å². The number of nitrogens with zero attached hydrogens (tertiary/aromatic N) is 1. The van der Waals surface area contributed by atoms with Gasteiger partial charge in [0.25, 0.3) is 11.5 Å². The minimum absolute atomic E-state index is 0.0270. The summed E-state index contributed by atoms with van der Waals surface area (Å²) in [7, 11) is 0. The quantitative estimate of drug-likeness (QED) is 0.830. The van der Waals surface area contributed by atoms with Crippen LogP contribution in [0.4, 0.5) is 0 Å². The first-order valence-corrected chi connectivity index (χ1v) is 6.07. The summed E-state index contributed by atoms with van der Waals surface area (Å²) in [6, 6.07) is 1.33. The van der Waals surface area contributed by atoms with E-state index >= 15 is 0 Å². The Morgan fingerprint density at radius 3 is 2.61 bits per heavy atom. The van der Waals surface area contributed by atoms with Crippen molar-refractivity contribution in [3.63, 3.8) is 0 Å². The van der Waals surface area contributed by atoms with Crippen molar-refractivity contribution in [1.29, 1.82) is 0 Å². The Morgan fingerprint density at radius 2 is 2.11 bits per heavy atom. The number of aromatic nitrogens is 1. The normalized spacial score (nSPS) is 10.9. The van der Waals surface area contributed by atoms with Crippen molar-refractivity contribution in [2.45, 2.75) is 40.2 Å². The van der Waals surface area contributed by atoms with E-state index < -0.39 is 5.91 Å². The maximum Gasteiger partial charge on any atom is 0.254 e. The fourth-order valence-corrected chi connectivity index (χ4v) is 1.93. The van der Waals surface area contributed by atoms with E-state index in [2.05, 4.69) is 13.8 Å². The standard InChI is InChI=1S/C13H20N2O3/c1-8(2)5-4-6-15-10(16)7-9(3)11(12(14)17)13(15)18/h7-8,18H,4-6H2,1-3H3,(H2,14,17). The molecule has 0 aliphatic rings. The van der Waals surface area contributed by atoms with Crippen LogP contribution in [0.3, 0.4) is 0 Å². The van der Waals surface area contributed by atoms with Crippen LogP contribution in [0.1, 0.15) is 42.6 Å². The Balaban J connectivity index is 3.08. The zero-order chi connectivity index (χ0) is 13.9. The van der Waals surface area contributed by atoms with Crippen molar-refractivity contribution < 1.29 is 9.90 Å². The fourth-order valence-electron chi connectivity index (χ4n) is 1.93. The summed E-state index contributed by atoms with van der Waals surface area (Å²) in [6.45, 7) is 6.16. The number of amides is 1. The van der Waals surface area contributed by atoms with E-state index in [1.54, 1.807) is 6.92 Å². The molecule has 1 heterocycles. The fraction of sp³-hybridized carbons (Fsp3) is 0.538. The smallest absolute Gasteiger partial charge is 0.254 e. The topological polar surface area (TPSA) is 85.3 Å². The van der Waals surface area contributed by atoms with Gasteiger partial charge in [-0.15, -0.1) is 0 Å². The lowest BCUT2D eigenvalue weighted by Crippen LogP contribution is -2.25. The first kappa shape index (κ1) is 14.3. The maximum atomic E-state index is 11.8. The summed E-state index contributed by atoms with van der Waals surface area (Å²) in [5.74, 6) is -0.511. The first-order valence-electron chi connectivity index (χ1n) is 6.07. The summed E-state index contributed by atoms with van der Waals surface area (Å²) >= 11 is 0. The predicted molar refractivity (Wildman–Crippen MR) is 69.7 cm³/mol. The lowest BCUT2D eigenvalue weighted by molar-refractivity contribution is 0.0995. The molecule has 0 radical (unpaired) electrons. The average Bonchev–Trinajstić information content (AvgIpc) is 2.21. The van der Waals surface area contributed by atoms with Crippen LogP contribution in [0, 0.1) is 12.8 Å². The minimum Gasteiger partial charge on any atom is -0.494 e. The molecule has 1 aromatic heterocycles. The Morgan fingerprint density at radius 1 is 1.50 bits per heavy atom. The van der Waals surface area contributed by atoms with Gasteiger partial charge in [0.1, 0.15) is 5.56 Å². The van der Waals surface area contributed by atoms with Crippen molar-refractivity contribution in [2.75, 3.05) is 0 Å². The van der Waals surface area contributed by atoms with Gasteiger partial charge in [-0.05, 0) is 31.2 Å². The van der Waals surface area contributed by atoms with Gasteiger partial charge in [-0.1, -0.05) is 13.8 Å². The molecule has 1 amide bonds. The Kier molecular flexibility index (Phi) is 4.53. The number of rotatable bonds is 5. The monoisotopic (exact) mass is 252 g/mol. The zero-order valence-electron chi connectivity index (χ0n) is 11.1. The first-order chi connectivity index (χ1) is 8.34. The molecule has 18 heavy (non-hydrogen) atoms. The molecule has 0 spiro atoms. The second-order valence-electron chi connectivity index (χ2n) is 4.92. The zero-order valence-corrected chi connectivity index (χ0v) is 11.1. The molecule has 0 unspecified atom stereocenters. The molecular weight excluding hydrogens is 232 g/mol. The van der Waals surface area contributed by atoms with Crippen molar-refractivity contribution in [3.05, 3.63) is 27.5 Å². The third kappa shape index (κ3) is 3.12. The summed E-state index contributed by atoms with van der Waals surface area (Å²) in [4.78, 5) is 23.0. The number of carbonyl (C=O) groups is 1. The highest BCUT2D eigenvalue weighted by molar-refractivity contribution is 5.96. The van der Waals surface area contributed by atoms with Gasteiger partial charge in [-0.25, -0.2) is 0 Å². The third-order valence-corrected chi connectivity index (χ3v) is 2.89. The molecule has 0 saturated heterocycles. The van der Waals surface area contributed by atoms with Gasteiger partial charge < -0.3 is 10.8 Å². The minimum atomic E-state index is -0.720. The van der Waals surface area contributed by atoms with Crippen LogP contribution >= 0.6 is 0 Å². The number of hydrogen-bond acceptors (Lipinski definition) is 3. The Labute approximate surface area is 106 Å². The van der Waals surface area contributed by atoms with Gasteiger partial charge in [-0.3, -0.25) is 14.2 Å². The molecule has 3 N–H and O–H groups in total. The van der Waals surface area contributed by atoms with Crippen molar-refractivity contribution in [3.8, 4) is 5.88 Å². The maximum absolute atomic E-state index is 11.8. The van der Waals surface area contributed by atoms with E-state index in [1.807, 2.05) is 0 Å². The van der Waals surface area contributed by atoms with E-state index in [-0.39, 0.29) is 17.0 Å². The molecular formula is C13H20N2O3. The molecule has 100 valence electrons. The van der Waals surface area contributed by atoms with Crippen LogP contribution in [-0.2, 0) is 6.54 Å². The molecule has 0 aliphatic carbocycles. The number of carbonyl (C=O) groups excluding carboxylic acids is 1. The van der Waals surface area contributed by atoms with Gasteiger partial charge in [0, 0.05) is 12.6 Å². The third-order valence-electron chi connectivity index (χ3n) is 2.89. The Hall–Kier alpha value is -1.78. The van der Waals surface area contributed by atoms with Gasteiger partial charge in [-0.2, -0.15) is 0 Å². The van der Waals surface area contributed by atoms with E-state index in [0.29, 0.717) is 18.0 Å². The van der Waals surface area contributed by atoms with Crippen LogP contribution in [0.15, 0.2) is 10.9 Å². The lowest BCUT2D eigenvalue weighted by atomic mass is 10.1. The number of hydrogen-bond donors (Lipinski definition) is 2. The number of pyridine rings is 1. The second-order valence-corrected chi connectivity index (χ2v) is 4.92. The number of primary amides is 1. The Bertz CT molecular complexity index is 504. The molecule has 5 heteroatoms. The molecule has 0 aromatic carbocycles. The molecule has 5 nitrogen and oxygen atoms in total. The molecule has 0 bridgehead atoms. The summed E-state index contributed by atoms with van der Waals surface area (Å²) < 4.78 is 1.20. The molecule has 0 saturated carbocycles. The molecule has 0 fully saturated rings. The van der Waals surface area contributed by atoms with Crippen LogP contribution in [-0.4, -0.2) is 15.6 Å². The summed E-state index contributed by atoms with van der Waals surface area (Å²) in [6.07, 6.45) is 1.72. The average molecular weight is 252 g/mol. The largest absolute Gasteiger partial charge is 0.494 e. The molecule has 1 aromatic rings. The van der Waals surface area contributed by atoms with E-state index in [0.717, 1.165) is 12.8 Å². The summed E-state index contributed by atoms with van der Waals surface area (Å²) in [5, 5.41) is 9.95. The highest BCUT2D eigenvalue weighted by Gasteiger charge is 2.16.